The lowest BCUT2D eigenvalue weighted by Gasteiger charge is -2.26. The predicted molar refractivity (Wildman–Crippen MR) is 70.9 cm³/mol. The third-order valence-electron chi connectivity index (χ3n) is 2.98. The van der Waals surface area contributed by atoms with Gasteiger partial charge in [0.25, 0.3) is 5.91 Å². The molecule has 3 N–H and O–H groups in total. The first kappa shape index (κ1) is 13.7. The van der Waals surface area contributed by atoms with Crippen LogP contribution in [0.15, 0.2) is 12.1 Å². The maximum atomic E-state index is 10.8. The van der Waals surface area contributed by atoms with Crippen LogP contribution in [-0.4, -0.2) is 60.4 Å². The van der Waals surface area contributed by atoms with Crippen molar-refractivity contribution in [2.75, 3.05) is 44.7 Å². The number of nitrogens with one attached hydrogen (secondary N) is 1. The average Bonchev–Trinajstić information content (AvgIpc) is 2.45. The summed E-state index contributed by atoms with van der Waals surface area (Å²) in [5.41, 5.74) is 5.27. The van der Waals surface area contributed by atoms with Gasteiger partial charge < -0.3 is 15.8 Å². The number of amides is 1. The van der Waals surface area contributed by atoms with Gasteiger partial charge in [-0.25, -0.2) is 0 Å². The maximum absolute atomic E-state index is 10.8. The molecule has 1 aliphatic heterocycles. The van der Waals surface area contributed by atoms with Crippen molar-refractivity contribution in [3.63, 3.8) is 0 Å². The van der Waals surface area contributed by atoms with Gasteiger partial charge in [0.2, 0.25) is 0 Å². The Labute approximate surface area is 112 Å². The standard InChI is InChI=1S/C12H19N5O2/c13-12(18)10-2-3-11(16-15-10)14-4-1-5-17-6-8-19-9-7-17/h2-3H,1,4-9H2,(H2,13,18)(H,14,16). The van der Waals surface area contributed by atoms with E-state index >= 15 is 0 Å². The number of hydrogen-bond acceptors (Lipinski definition) is 6. The van der Waals surface area contributed by atoms with E-state index in [0.717, 1.165) is 45.8 Å². The molecule has 0 aromatic carbocycles. The Morgan fingerprint density at radius 1 is 1.37 bits per heavy atom. The fraction of sp³-hybridized carbons (Fsp3) is 0.583. The highest BCUT2D eigenvalue weighted by Gasteiger charge is 2.09. The Hall–Kier alpha value is -1.73. The van der Waals surface area contributed by atoms with Crippen molar-refractivity contribution in [1.82, 2.24) is 15.1 Å². The van der Waals surface area contributed by atoms with E-state index in [9.17, 15) is 4.79 Å². The second kappa shape index (κ2) is 7.01. The molecule has 0 spiro atoms. The number of aromatic nitrogens is 2. The molecule has 1 amide bonds. The minimum absolute atomic E-state index is 0.180. The second-order valence-electron chi connectivity index (χ2n) is 4.40. The van der Waals surface area contributed by atoms with Crippen LogP contribution in [-0.2, 0) is 4.74 Å². The van der Waals surface area contributed by atoms with Crippen LogP contribution in [0.2, 0.25) is 0 Å². The molecule has 104 valence electrons. The highest BCUT2D eigenvalue weighted by molar-refractivity contribution is 5.90. The summed E-state index contributed by atoms with van der Waals surface area (Å²) < 4.78 is 5.29. The van der Waals surface area contributed by atoms with Crippen LogP contribution >= 0.6 is 0 Å². The van der Waals surface area contributed by atoms with Gasteiger partial charge in [0.05, 0.1) is 13.2 Å². The normalized spacial score (nSPS) is 16.2. The van der Waals surface area contributed by atoms with E-state index < -0.39 is 5.91 Å². The number of nitrogens with zero attached hydrogens (tertiary/aromatic N) is 3. The zero-order valence-corrected chi connectivity index (χ0v) is 10.8. The van der Waals surface area contributed by atoms with Crippen LogP contribution in [0.3, 0.4) is 0 Å². The lowest BCUT2D eigenvalue weighted by atomic mass is 10.3. The van der Waals surface area contributed by atoms with Crippen LogP contribution in [0.5, 0.6) is 0 Å². The molecule has 1 aliphatic rings. The Morgan fingerprint density at radius 2 is 2.16 bits per heavy atom. The molecule has 7 heteroatoms. The highest BCUT2D eigenvalue weighted by atomic mass is 16.5. The minimum atomic E-state index is -0.564. The lowest BCUT2D eigenvalue weighted by Crippen LogP contribution is -2.37. The summed E-state index contributed by atoms with van der Waals surface area (Å²) in [6, 6.07) is 3.28. The molecule has 0 bridgehead atoms. The fourth-order valence-corrected chi connectivity index (χ4v) is 1.90. The Bertz CT molecular complexity index is 403. The largest absolute Gasteiger partial charge is 0.379 e. The van der Waals surface area contributed by atoms with Crippen molar-refractivity contribution < 1.29 is 9.53 Å². The van der Waals surface area contributed by atoms with E-state index in [1.54, 1.807) is 12.1 Å². The summed E-state index contributed by atoms with van der Waals surface area (Å²) in [5, 5.41) is 10.8. The van der Waals surface area contributed by atoms with Gasteiger partial charge >= 0.3 is 0 Å². The summed E-state index contributed by atoms with van der Waals surface area (Å²) in [6.45, 7) is 5.53. The molecule has 1 saturated heterocycles. The number of nitrogens with two attached hydrogens (primary N) is 1. The van der Waals surface area contributed by atoms with Crippen molar-refractivity contribution in [2.45, 2.75) is 6.42 Å². The zero-order chi connectivity index (χ0) is 13.5. The molecule has 19 heavy (non-hydrogen) atoms. The third-order valence-corrected chi connectivity index (χ3v) is 2.98. The molecular formula is C12H19N5O2. The van der Waals surface area contributed by atoms with Crippen LogP contribution in [0.25, 0.3) is 0 Å². The molecular weight excluding hydrogens is 246 g/mol. The molecule has 0 unspecified atom stereocenters. The zero-order valence-electron chi connectivity index (χ0n) is 10.8. The molecule has 0 atom stereocenters. The second-order valence-corrected chi connectivity index (χ2v) is 4.40. The van der Waals surface area contributed by atoms with E-state index in [4.69, 9.17) is 10.5 Å². The molecule has 7 nitrogen and oxygen atoms in total. The summed E-state index contributed by atoms with van der Waals surface area (Å²) in [7, 11) is 0. The SMILES string of the molecule is NC(=O)c1ccc(NCCCN2CCOCC2)nn1. The summed E-state index contributed by atoms with van der Waals surface area (Å²) in [4.78, 5) is 13.2. The topological polar surface area (TPSA) is 93.4 Å². The summed E-state index contributed by atoms with van der Waals surface area (Å²) in [6.07, 6.45) is 1.03. The van der Waals surface area contributed by atoms with Crippen molar-refractivity contribution in [3.05, 3.63) is 17.8 Å². The number of rotatable bonds is 6. The number of anilines is 1. The van der Waals surface area contributed by atoms with Crippen LogP contribution in [0.1, 0.15) is 16.9 Å². The maximum Gasteiger partial charge on any atom is 0.269 e. The van der Waals surface area contributed by atoms with E-state index in [-0.39, 0.29) is 5.69 Å². The third kappa shape index (κ3) is 4.46. The van der Waals surface area contributed by atoms with Gasteiger partial charge in [-0.3, -0.25) is 9.69 Å². The molecule has 0 saturated carbocycles. The Balaban J connectivity index is 1.66. The predicted octanol–water partition coefficient (Wildman–Crippen LogP) is -0.290. The first-order valence-corrected chi connectivity index (χ1v) is 6.43. The summed E-state index contributed by atoms with van der Waals surface area (Å²) >= 11 is 0. The van der Waals surface area contributed by atoms with E-state index in [1.807, 2.05) is 0 Å². The van der Waals surface area contributed by atoms with Crippen molar-refractivity contribution in [3.8, 4) is 0 Å². The number of hydrogen-bond donors (Lipinski definition) is 2. The monoisotopic (exact) mass is 265 g/mol. The minimum Gasteiger partial charge on any atom is -0.379 e. The molecule has 2 heterocycles. The number of carbonyl (C=O) groups excluding carboxylic acids is 1. The van der Waals surface area contributed by atoms with Crippen molar-refractivity contribution >= 4 is 11.7 Å². The van der Waals surface area contributed by atoms with Gasteiger partial charge in [0.1, 0.15) is 5.82 Å². The number of primary amides is 1. The van der Waals surface area contributed by atoms with Crippen molar-refractivity contribution in [2.24, 2.45) is 5.73 Å². The fourth-order valence-electron chi connectivity index (χ4n) is 1.90. The first-order valence-electron chi connectivity index (χ1n) is 6.43. The lowest BCUT2D eigenvalue weighted by molar-refractivity contribution is 0.0378. The van der Waals surface area contributed by atoms with Crippen molar-refractivity contribution in [1.29, 1.82) is 0 Å². The number of morpholine rings is 1. The molecule has 1 aromatic rings. The average molecular weight is 265 g/mol. The number of ether oxygens (including phenoxy) is 1. The molecule has 2 rings (SSSR count). The van der Waals surface area contributed by atoms with E-state index in [1.165, 1.54) is 0 Å². The number of carbonyl (C=O) groups is 1. The molecule has 1 aromatic heterocycles. The molecule has 0 radical (unpaired) electrons. The van der Waals surface area contributed by atoms with Gasteiger partial charge in [-0.2, -0.15) is 0 Å². The van der Waals surface area contributed by atoms with Gasteiger partial charge in [0.15, 0.2) is 5.69 Å². The summed E-state index contributed by atoms with van der Waals surface area (Å²) in [5.74, 6) is 0.0957. The smallest absolute Gasteiger partial charge is 0.269 e. The van der Waals surface area contributed by atoms with Gasteiger partial charge in [-0.1, -0.05) is 0 Å². The van der Waals surface area contributed by atoms with Crippen LogP contribution in [0.4, 0.5) is 5.82 Å². The molecule has 1 fully saturated rings. The highest BCUT2D eigenvalue weighted by Crippen LogP contribution is 2.02. The first-order chi connectivity index (χ1) is 9.25. The van der Waals surface area contributed by atoms with Gasteiger partial charge in [-0.05, 0) is 25.1 Å². The Kier molecular flexibility index (Phi) is 5.05. The Morgan fingerprint density at radius 3 is 2.79 bits per heavy atom. The van der Waals surface area contributed by atoms with Crippen LogP contribution in [0, 0.1) is 0 Å². The van der Waals surface area contributed by atoms with E-state index in [0.29, 0.717) is 5.82 Å². The van der Waals surface area contributed by atoms with Gasteiger partial charge in [0, 0.05) is 19.6 Å². The van der Waals surface area contributed by atoms with E-state index in [2.05, 4.69) is 20.4 Å². The quantitative estimate of drug-likeness (QED) is 0.687. The van der Waals surface area contributed by atoms with Crippen LogP contribution < -0.4 is 11.1 Å². The van der Waals surface area contributed by atoms with Gasteiger partial charge in [-0.15, -0.1) is 10.2 Å². The molecule has 0 aliphatic carbocycles.